The Morgan fingerprint density at radius 3 is 2.10 bits per heavy atom. The van der Waals surface area contributed by atoms with Crippen LogP contribution in [0.5, 0.6) is 0 Å². The topological polar surface area (TPSA) is 50.2 Å². The molecule has 0 saturated heterocycles. The molecule has 0 aliphatic heterocycles. The fraction of sp³-hybridized carbons (Fsp3) is 0.435. The van der Waals surface area contributed by atoms with Gasteiger partial charge in [0.05, 0.1) is 0 Å². The molecule has 4 heteroatoms. The van der Waals surface area contributed by atoms with Gasteiger partial charge in [-0.1, -0.05) is 119 Å². The molecule has 6 rings (SSSR count). The number of nitrogens with zero attached hydrogens (tertiary/aromatic N) is 1. The third-order valence-corrected chi connectivity index (χ3v) is 12.0. The number of hydrogen-bond donors (Lipinski definition) is 1. The first-order chi connectivity index (χ1) is 23.5. The Kier molecular flexibility index (Phi) is 13.2. The number of aliphatic hydroxyl groups is 1. The first-order valence-corrected chi connectivity index (χ1v) is 18.7. The van der Waals surface area contributed by atoms with E-state index in [4.69, 9.17) is 4.98 Å². The number of aliphatic hydroxyl groups excluding tert-OH is 1. The maximum absolute atomic E-state index is 12.2. The van der Waals surface area contributed by atoms with Gasteiger partial charge in [0, 0.05) is 48.9 Å². The Hall–Kier alpha value is -3.33. The minimum atomic E-state index is -0.337. The van der Waals surface area contributed by atoms with Crippen molar-refractivity contribution in [1.29, 1.82) is 0 Å². The van der Waals surface area contributed by atoms with Gasteiger partial charge < -0.3 is 5.11 Å². The number of benzene rings is 4. The minimum absolute atomic E-state index is 0. The number of fused-ring (bicyclic) bond motifs is 4. The second-order valence-electron chi connectivity index (χ2n) is 14.9. The molecule has 1 aliphatic carbocycles. The van der Waals surface area contributed by atoms with Crippen LogP contribution >= 0.6 is 0 Å². The third-order valence-electron chi connectivity index (χ3n) is 12.0. The Bertz CT molecular complexity index is 1980. The van der Waals surface area contributed by atoms with Gasteiger partial charge in [0.25, 0.3) is 0 Å². The van der Waals surface area contributed by atoms with E-state index >= 15 is 0 Å². The number of carbonyl (C=O) groups is 1. The predicted molar refractivity (Wildman–Crippen MR) is 209 cm³/mol. The average molecular weight is 847 g/mol. The summed E-state index contributed by atoms with van der Waals surface area (Å²) in [4.78, 5) is 17.0. The molecule has 0 unspecified atom stereocenters. The molecule has 4 aromatic carbocycles. The van der Waals surface area contributed by atoms with E-state index in [1.165, 1.54) is 87.2 Å². The van der Waals surface area contributed by atoms with Gasteiger partial charge >= 0.3 is 0 Å². The predicted octanol–water partition coefficient (Wildman–Crippen LogP) is 13.3. The second kappa shape index (κ2) is 16.8. The molecular weight excluding hydrogens is 791 g/mol. The van der Waals surface area contributed by atoms with E-state index in [-0.39, 0.29) is 42.5 Å². The van der Waals surface area contributed by atoms with Crippen LogP contribution in [0, 0.1) is 30.7 Å². The third kappa shape index (κ3) is 8.08. The fourth-order valence-electron chi connectivity index (χ4n) is 7.50. The monoisotopic (exact) mass is 847 g/mol. The number of aryl methyl sites for hydroxylation is 2. The summed E-state index contributed by atoms with van der Waals surface area (Å²) in [6.07, 6.45) is 13.4. The van der Waals surface area contributed by atoms with Gasteiger partial charge in [0.1, 0.15) is 5.76 Å². The summed E-state index contributed by atoms with van der Waals surface area (Å²) in [5.74, 6) is 0.981. The smallest absolute Gasteiger partial charge is 0.164 e. The molecule has 1 radical (unpaired) electrons. The summed E-state index contributed by atoms with van der Waals surface area (Å²) in [6, 6.07) is 26.2. The van der Waals surface area contributed by atoms with Crippen LogP contribution in [-0.2, 0) is 24.9 Å². The van der Waals surface area contributed by atoms with Crippen LogP contribution < -0.4 is 0 Å². The summed E-state index contributed by atoms with van der Waals surface area (Å²) in [6.45, 7) is 16.5. The number of allylic oxidation sites excluding steroid dienone is 2. The number of ketones is 1. The molecule has 1 fully saturated rings. The number of hydrogen-bond acceptors (Lipinski definition) is 3. The Labute approximate surface area is 314 Å². The largest absolute Gasteiger partial charge is 0.512 e. The molecule has 1 aliphatic rings. The van der Waals surface area contributed by atoms with Crippen molar-refractivity contribution in [2.24, 2.45) is 10.8 Å². The Morgan fingerprint density at radius 2 is 1.44 bits per heavy atom. The molecule has 1 aromatic heterocycles. The summed E-state index contributed by atoms with van der Waals surface area (Å²) in [5, 5.41) is 17.8. The number of carbonyl (C=O) groups excluding carboxylic acids is 1. The zero-order chi connectivity index (χ0) is 35.3. The SMILES string of the molecule is CCC(C)(CC)C(=O)/C=C(\O)C(C)(CC)CC.Cc1cc(C)c2ccc3c(-c4[c-]c5cccc(C6CCCCC6)c5cc4)nccc3c2c1.[Ir]. The first-order valence-electron chi connectivity index (χ1n) is 18.7. The maximum Gasteiger partial charge on any atom is 0.164 e. The van der Waals surface area contributed by atoms with Crippen LogP contribution in [0.1, 0.15) is 122 Å². The first kappa shape index (κ1) is 39.5. The van der Waals surface area contributed by atoms with Gasteiger partial charge in [-0.05, 0) is 91.5 Å². The summed E-state index contributed by atoms with van der Waals surface area (Å²) in [5.41, 5.74) is 5.63. The van der Waals surface area contributed by atoms with Crippen molar-refractivity contribution >= 4 is 38.1 Å². The zero-order valence-corrected chi connectivity index (χ0v) is 33.9. The molecule has 1 saturated carbocycles. The average Bonchev–Trinajstić information content (AvgIpc) is 3.13. The van der Waals surface area contributed by atoms with E-state index in [0.717, 1.165) is 36.9 Å². The molecular formula is C46H56IrNO2-. The van der Waals surface area contributed by atoms with Crippen molar-refractivity contribution in [1.82, 2.24) is 4.98 Å². The molecule has 0 bridgehead atoms. The minimum Gasteiger partial charge on any atom is -0.512 e. The van der Waals surface area contributed by atoms with Crippen molar-refractivity contribution < 1.29 is 30.0 Å². The number of rotatable bonds is 9. The van der Waals surface area contributed by atoms with E-state index in [0.29, 0.717) is 5.92 Å². The molecule has 5 aromatic rings. The summed E-state index contributed by atoms with van der Waals surface area (Å²) in [7, 11) is 0. The molecule has 0 spiro atoms. The van der Waals surface area contributed by atoms with Gasteiger partial charge in [-0.15, -0.1) is 29.7 Å². The van der Waals surface area contributed by atoms with Crippen LogP contribution in [-0.4, -0.2) is 15.9 Å². The van der Waals surface area contributed by atoms with E-state index in [9.17, 15) is 9.90 Å². The zero-order valence-electron chi connectivity index (χ0n) is 31.5. The fourth-order valence-corrected chi connectivity index (χ4v) is 7.50. The summed E-state index contributed by atoms with van der Waals surface area (Å²) < 4.78 is 0. The van der Waals surface area contributed by atoms with Crippen LogP contribution in [0.15, 0.2) is 78.7 Å². The van der Waals surface area contributed by atoms with Gasteiger partial charge in [0.2, 0.25) is 0 Å². The van der Waals surface area contributed by atoms with Crippen molar-refractivity contribution in [3.8, 4) is 11.3 Å². The molecule has 1 N–H and O–H groups in total. The quantitative estimate of drug-likeness (QED) is 0.0696. The van der Waals surface area contributed by atoms with Crippen molar-refractivity contribution in [2.75, 3.05) is 0 Å². The van der Waals surface area contributed by atoms with Crippen molar-refractivity contribution in [3.05, 3.63) is 101 Å². The van der Waals surface area contributed by atoms with Gasteiger partial charge in [-0.2, -0.15) is 0 Å². The maximum atomic E-state index is 12.2. The molecule has 1 heterocycles. The molecule has 3 nitrogen and oxygen atoms in total. The van der Waals surface area contributed by atoms with Crippen LogP contribution in [0.4, 0.5) is 0 Å². The Balaban J connectivity index is 0.000000269. The Morgan fingerprint density at radius 1 is 0.800 bits per heavy atom. The summed E-state index contributed by atoms with van der Waals surface area (Å²) >= 11 is 0. The number of pyridine rings is 1. The van der Waals surface area contributed by atoms with Crippen LogP contribution in [0.3, 0.4) is 0 Å². The van der Waals surface area contributed by atoms with E-state index < -0.39 is 0 Å². The van der Waals surface area contributed by atoms with E-state index in [1.807, 2.05) is 47.7 Å². The van der Waals surface area contributed by atoms with E-state index in [2.05, 4.69) is 80.6 Å². The van der Waals surface area contributed by atoms with Crippen LogP contribution in [0.25, 0.3) is 43.6 Å². The number of aromatic nitrogens is 1. The van der Waals surface area contributed by atoms with Crippen molar-refractivity contribution in [3.63, 3.8) is 0 Å². The molecule has 267 valence electrons. The van der Waals surface area contributed by atoms with Gasteiger partial charge in [0.15, 0.2) is 5.78 Å². The van der Waals surface area contributed by atoms with Gasteiger partial charge in [-0.25, -0.2) is 0 Å². The molecule has 0 amide bonds. The molecule has 0 atom stereocenters. The van der Waals surface area contributed by atoms with Crippen molar-refractivity contribution in [2.45, 2.75) is 119 Å². The second-order valence-corrected chi connectivity index (χ2v) is 14.9. The standard InChI is InChI=1S/C31H28N.C15H28O2.Ir/c1-20-17-21(2)25-13-14-29-28(30(25)18-20)15-16-32-31(29)24-11-12-27-23(19-24)9-6-10-26(27)22-7-4-3-5-8-22;1-7-14(5,8-2)12(16)11-13(17)15(6,9-3)10-4;/h6,9-18,22H,3-5,7-8H2,1-2H3;11,16H,7-10H2,1-6H3;/q-1;;/b;12-11-;. The van der Waals surface area contributed by atoms with E-state index in [1.54, 1.807) is 0 Å². The molecule has 50 heavy (non-hydrogen) atoms. The van der Waals surface area contributed by atoms with Crippen LogP contribution in [0.2, 0.25) is 0 Å². The normalized spacial score (nSPS) is 14.4. The van der Waals surface area contributed by atoms with Gasteiger partial charge in [-0.3, -0.25) is 9.78 Å².